The van der Waals surface area contributed by atoms with Crippen LogP contribution in [0.1, 0.15) is 21.7 Å². The number of para-hydroxylation sites is 1. The molecule has 144 valence electrons. The molecule has 8 heteroatoms. The van der Waals surface area contributed by atoms with Crippen molar-refractivity contribution in [1.29, 1.82) is 0 Å². The highest BCUT2D eigenvalue weighted by Crippen LogP contribution is 2.19. The summed E-state index contributed by atoms with van der Waals surface area (Å²) < 4.78 is 32.8. The van der Waals surface area contributed by atoms with Crippen LogP contribution in [0, 0.1) is 25.5 Å². The van der Waals surface area contributed by atoms with Crippen LogP contribution < -0.4 is 5.32 Å². The van der Waals surface area contributed by atoms with Gasteiger partial charge in [-0.1, -0.05) is 18.2 Å². The first-order valence-electron chi connectivity index (χ1n) is 8.40. The van der Waals surface area contributed by atoms with Crippen LogP contribution in [0.4, 0.5) is 14.5 Å². The van der Waals surface area contributed by atoms with Crippen LogP contribution in [0.3, 0.4) is 0 Å². The number of carbonyl (C=O) groups is 2. The van der Waals surface area contributed by atoms with Crippen LogP contribution in [0.15, 0.2) is 48.5 Å². The number of hydrogen-bond donors (Lipinski definition) is 1. The number of rotatable bonds is 5. The van der Waals surface area contributed by atoms with E-state index in [9.17, 15) is 18.4 Å². The molecule has 0 spiro atoms. The standard InChI is InChI=1S/C20H17F2N3O3/c1-12-19(13(2)25(24-12)15-6-4-3-5-7-15)20(27)28-11-18(26)23-14-8-9-16(21)17(22)10-14/h3-10H,11H2,1-2H3,(H,23,26). The van der Waals surface area contributed by atoms with E-state index < -0.39 is 30.1 Å². The van der Waals surface area contributed by atoms with Crippen LogP contribution in [-0.4, -0.2) is 28.3 Å². The van der Waals surface area contributed by atoms with Crippen molar-refractivity contribution in [1.82, 2.24) is 9.78 Å². The lowest BCUT2D eigenvalue weighted by Gasteiger charge is -2.08. The summed E-state index contributed by atoms with van der Waals surface area (Å²) in [5.74, 6) is -3.48. The Morgan fingerprint density at radius 2 is 1.79 bits per heavy atom. The Bertz CT molecular complexity index is 1030. The molecule has 0 saturated heterocycles. The molecule has 0 aliphatic carbocycles. The van der Waals surface area contributed by atoms with Gasteiger partial charge in [-0.25, -0.2) is 18.3 Å². The van der Waals surface area contributed by atoms with E-state index in [4.69, 9.17) is 4.74 Å². The molecule has 0 saturated carbocycles. The second-order valence-electron chi connectivity index (χ2n) is 6.05. The van der Waals surface area contributed by atoms with E-state index in [-0.39, 0.29) is 11.3 Å². The van der Waals surface area contributed by atoms with E-state index in [1.165, 1.54) is 6.07 Å². The lowest BCUT2D eigenvalue weighted by molar-refractivity contribution is -0.119. The van der Waals surface area contributed by atoms with Gasteiger partial charge < -0.3 is 10.1 Å². The highest BCUT2D eigenvalue weighted by atomic mass is 19.2. The van der Waals surface area contributed by atoms with Gasteiger partial charge in [0.15, 0.2) is 18.2 Å². The van der Waals surface area contributed by atoms with Gasteiger partial charge in [0.25, 0.3) is 5.91 Å². The summed E-state index contributed by atoms with van der Waals surface area (Å²) in [5, 5.41) is 6.69. The fourth-order valence-corrected chi connectivity index (χ4v) is 2.73. The smallest absolute Gasteiger partial charge is 0.342 e. The number of anilines is 1. The molecule has 1 amide bonds. The van der Waals surface area contributed by atoms with Crippen molar-refractivity contribution in [2.45, 2.75) is 13.8 Å². The number of hydrogen-bond acceptors (Lipinski definition) is 4. The quantitative estimate of drug-likeness (QED) is 0.682. The fraction of sp³-hybridized carbons (Fsp3) is 0.150. The molecular weight excluding hydrogens is 368 g/mol. The van der Waals surface area contributed by atoms with Gasteiger partial charge in [-0.15, -0.1) is 0 Å². The zero-order valence-electron chi connectivity index (χ0n) is 15.2. The largest absolute Gasteiger partial charge is 0.452 e. The van der Waals surface area contributed by atoms with E-state index in [0.717, 1.165) is 17.8 Å². The van der Waals surface area contributed by atoms with Crippen molar-refractivity contribution >= 4 is 17.6 Å². The topological polar surface area (TPSA) is 73.2 Å². The Kier molecular flexibility index (Phi) is 5.49. The summed E-state index contributed by atoms with van der Waals surface area (Å²) in [7, 11) is 0. The molecule has 0 aliphatic heterocycles. The van der Waals surface area contributed by atoms with Crippen LogP contribution in [0.2, 0.25) is 0 Å². The SMILES string of the molecule is Cc1nn(-c2ccccc2)c(C)c1C(=O)OCC(=O)Nc1ccc(F)c(F)c1. The van der Waals surface area contributed by atoms with Crippen molar-refractivity contribution in [3.63, 3.8) is 0 Å². The van der Waals surface area contributed by atoms with Gasteiger partial charge >= 0.3 is 5.97 Å². The third-order valence-corrected chi connectivity index (χ3v) is 4.03. The first-order valence-corrected chi connectivity index (χ1v) is 8.40. The molecule has 28 heavy (non-hydrogen) atoms. The minimum atomic E-state index is -1.09. The molecule has 0 fully saturated rings. The predicted octanol–water partition coefficient (Wildman–Crippen LogP) is 3.56. The Balaban J connectivity index is 1.67. The van der Waals surface area contributed by atoms with Crippen LogP contribution in [0.5, 0.6) is 0 Å². The molecule has 1 aromatic heterocycles. The number of carbonyl (C=O) groups excluding carboxylic acids is 2. The van der Waals surface area contributed by atoms with Gasteiger partial charge in [-0.2, -0.15) is 5.10 Å². The summed E-state index contributed by atoms with van der Waals surface area (Å²) in [4.78, 5) is 24.3. The minimum Gasteiger partial charge on any atom is -0.452 e. The molecule has 0 radical (unpaired) electrons. The van der Waals surface area contributed by atoms with E-state index in [1.54, 1.807) is 18.5 Å². The monoisotopic (exact) mass is 385 g/mol. The first kappa shape index (κ1) is 19.2. The van der Waals surface area contributed by atoms with Crippen molar-refractivity contribution in [3.05, 3.63) is 77.1 Å². The Labute approximate surface area is 159 Å². The number of ether oxygens (including phenoxy) is 1. The van der Waals surface area contributed by atoms with Crippen molar-refractivity contribution in [3.8, 4) is 5.69 Å². The second-order valence-corrected chi connectivity index (χ2v) is 6.05. The Hall–Kier alpha value is -3.55. The van der Waals surface area contributed by atoms with Gasteiger partial charge in [-0.05, 0) is 38.1 Å². The molecular formula is C20H17F2N3O3. The summed E-state index contributed by atoms with van der Waals surface area (Å²) in [6.45, 7) is 2.82. The van der Waals surface area contributed by atoms with Crippen molar-refractivity contribution in [2.75, 3.05) is 11.9 Å². The maximum absolute atomic E-state index is 13.2. The molecule has 1 heterocycles. The number of nitrogens with zero attached hydrogens (tertiary/aromatic N) is 2. The maximum atomic E-state index is 13.2. The highest BCUT2D eigenvalue weighted by molar-refractivity contribution is 5.96. The minimum absolute atomic E-state index is 0.0595. The molecule has 3 rings (SSSR count). The number of nitrogens with one attached hydrogen (secondary N) is 1. The van der Waals surface area contributed by atoms with E-state index in [0.29, 0.717) is 11.4 Å². The van der Waals surface area contributed by atoms with Gasteiger partial charge in [0.1, 0.15) is 5.56 Å². The van der Waals surface area contributed by atoms with Gasteiger partial charge in [0.2, 0.25) is 0 Å². The Morgan fingerprint density at radius 3 is 2.46 bits per heavy atom. The number of aromatic nitrogens is 2. The van der Waals surface area contributed by atoms with Crippen LogP contribution >= 0.6 is 0 Å². The molecule has 0 bridgehead atoms. The van der Waals surface area contributed by atoms with Crippen molar-refractivity contribution < 1.29 is 23.1 Å². The zero-order valence-corrected chi connectivity index (χ0v) is 15.2. The molecule has 3 aromatic rings. The summed E-state index contributed by atoms with van der Waals surface area (Å²) in [5.41, 5.74) is 2.16. The summed E-state index contributed by atoms with van der Waals surface area (Å²) in [6.07, 6.45) is 0. The van der Waals surface area contributed by atoms with Gasteiger partial charge in [-0.3, -0.25) is 4.79 Å². The van der Waals surface area contributed by atoms with Crippen LogP contribution in [0.25, 0.3) is 5.69 Å². The average molecular weight is 385 g/mol. The summed E-state index contributed by atoms with van der Waals surface area (Å²) in [6, 6.07) is 12.2. The van der Waals surface area contributed by atoms with Gasteiger partial charge in [0, 0.05) is 11.8 Å². The van der Waals surface area contributed by atoms with Gasteiger partial charge in [0.05, 0.1) is 17.1 Å². The lowest BCUT2D eigenvalue weighted by atomic mass is 10.2. The number of aryl methyl sites for hydroxylation is 1. The van der Waals surface area contributed by atoms with E-state index in [2.05, 4.69) is 10.4 Å². The van der Waals surface area contributed by atoms with E-state index in [1.807, 2.05) is 30.3 Å². The highest BCUT2D eigenvalue weighted by Gasteiger charge is 2.21. The number of benzene rings is 2. The third kappa shape index (κ3) is 4.06. The van der Waals surface area contributed by atoms with Crippen LogP contribution in [-0.2, 0) is 9.53 Å². The fourth-order valence-electron chi connectivity index (χ4n) is 2.73. The molecule has 6 nitrogen and oxygen atoms in total. The maximum Gasteiger partial charge on any atom is 0.342 e. The molecule has 2 aromatic carbocycles. The first-order chi connectivity index (χ1) is 13.4. The normalized spacial score (nSPS) is 10.6. The summed E-state index contributed by atoms with van der Waals surface area (Å²) >= 11 is 0. The number of halogens is 2. The molecule has 0 unspecified atom stereocenters. The second kappa shape index (κ2) is 7.99. The average Bonchev–Trinajstić information content (AvgIpc) is 2.98. The lowest BCUT2D eigenvalue weighted by Crippen LogP contribution is -2.21. The molecule has 1 N–H and O–H groups in total. The Morgan fingerprint density at radius 1 is 1.07 bits per heavy atom. The van der Waals surface area contributed by atoms with E-state index >= 15 is 0 Å². The molecule has 0 aliphatic rings. The third-order valence-electron chi connectivity index (χ3n) is 4.03. The molecule has 0 atom stereocenters. The number of esters is 1. The number of amides is 1. The zero-order chi connectivity index (χ0) is 20.3. The van der Waals surface area contributed by atoms with Crippen molar-refractivity contribution in [2.24, 2.45) is 0 Å². The predicted molar refractivity (Wildman–Crippen MR) is 98.3 cm³/mol.